The van der Waals surface area contributed by atoms with Crippen molar-refractivity contribution in [3.05, 3.63) is 52.9 Å². The van der Waals surface area contributed by atoms with Gasteiger partial charge in [-0.1, -0.05) is 44.2 Å². The van der Waals surface area contributed by atoms with Gasteiger partial charge in [0.25, 0.3) is 10.0 Å². The number of carbonyl (C=O) groups excluding carboxylic acids is 1. The minimum atomic E-state index is -3.50. The molecule has 0 radical (unpaired) electrons. The summed E-state index contributed by atoms with van der Waals surface area (Å²) in [6.45, 7) is 8.46. The van der Waals surface area contributed by atoms with Crippen molar-refractivity contribution in [3.8, 4) is 0 Å². The van der Waals surface area contributed by atoms with Gasteiger partial charge in [0.2, 0.25) is 5.91 Å². The number of hydrogen-bond donors (Lipinski definition) is 1. The molecular weight excluding hydrogens is 418 g/mol. The maximum atomic E-state index is 12.7. The number of rotatable bonds is 9. The Morgan fingerprint density at radius 2 is 1.87 bits per heavy atom. The van der Waals surface area contributed by atoms with Crippen LogP contribution in [-0.4, -0.2) is 49.7 Å². The molecule has 1 aliphatic heterocycles. The summed E-state index contributed by atoms with van der Waals surface area (Å²) in [5, 5.41) is 4.75. The number of piperidine rings is 1. The fraction of sp³-hybridized carbons (Fsp3) is 0.500. The standard InChI is InChI=1S/C22H31N3O3S2/c1-3-24(4-2)16-19-11-9-18(10-12-19)15-23-22(26)20-7-5-13-25(17-20)30(27,28)21-8-6-14-29-21/h6,8-12,14,20H,3-5,7,13,15-17H2,1-2H3,(H,23,26). The number of nitrogens with zero attached hydrogens (tertiary/aromatic N) is 2. The van der Waals surface area contributed by atoms with Gasteiger partial charge in [-0.25, -0.2) is 8.42 Å². The Balaban J connectivity index is 1.53. The Morgan fingerprint density at radius 1 is 1.17 bits per heavy atom. The van der Waals surface area contributed by atoms with Crippen LogP contribution in [0.4, 0.5) is 0 Å². The van der Waals surface area contributed by atoms with Crippen molar-refractivity contribution in [2.75, 3.05) is 26.2 Å². The van der Waals surface area contributed by atoms with Crippen LogP contribution in [0.25, 0.3) is 0 Å². The second-order valence-electron chi connectivity index (χ2n) is 7.63. The van der Waals surface area contributed by atoms with Crippen LogP contribution in [0.1, 0.15) is 37.8 Å². The molecule has 8 heteroatoms. The van der Waals surface area contributed by atoms with Crippen LogP contribution in [0.5, 0.6) is 0 Å². The Morgan fingerprint density at radius 3 is 2.50 bits per heavy atom. The van der Waals surface area contributed by atoms with Crippen molar-refractivity contribution in [2.24, 2.45) is 5.92 Å². The topological polar surface area (TPSA) is 69.7 Å². The summed E-state index contributed by atoms with van der Waals surface area (Å²) in [5.41, 5.74) is 2.31. The van der Waals surface area contributed by atoms with E-state index in [4.69, 9.17) is 0 Å². The summed E-state index contributed by atoms with van der Waals surface area (Å²) < 4.78 is 27.3. The summed E-state index contributed by atoms with van der Waals surface area (Å²) in [4.78, 5) is 15.0. The number of thiophene rings is 1. The third kappa shape index (κ3) is 5.69. The predicted octanol–water partition coefficient (Wildman–Crippen LogP) is 3.31. The van der Waals surface area contributed by atoms with E-state index in [1.165, 1.54) is 21.2 Å². The summed E-state index contributed by atoms with van der Waals surface area (Å²) >= 11 is 1.21. The lowest BCUT2D eigenvalue weighted by Gasteiger charge is -2.30. The number of nitrogens with one attached hydrogen (secondary N) is 1. The third-order valence-corrected chi connectivity index (χ3v) is 8.87. The number of benzene rings is 1. The van der Waals surface area contributed by atoms with E-state index in [1.807, 2.05) is 12.1 Å². The van der Waals surface area contributed by atoms with Gasteiger partial charge in [-0.15, -0.1) is 11.3 Å². The van der Waals surface area contributed by atoms with Crippen molar-refractivity contribution in [2.45, 2.75) is 44.0 Å². The largest absolute Gasteiger partial charge is 0.352 e. The van der Waals surface area contributed by atoms with Crippen LogP contribution in [0.15, 0.2) is 46.0 Å². The molecule has 1 aromatic heterocycles. The summed E-state index contributed by atoms with van der Waals surface area (Å²) in [5.74, 6) is -0.385. The molecular formula is C22H31N3O3S2. The van der Waals surface area contributed by atoms with Gasteiger partial charge < -0.3 is 5.32 Å². The minimum Gasteiger partial charge on any atom is -0.352 e. The van der Waals surface area contributed by atoms with E-state index in [0.29, 0.717) is 30.1 Å². The molecule has 2 heterocycles. The highest BCUT2D eigenvalue weighted by molar-refractivity contribution is 7.91. The SMILES string of the molecule is CCN(CC)Cc1ccc(CNC(=O)C2CCCN(S(=O)(=O)c3cccs3)C2)cc1. The van der Waals surface area contributed by atoms with Crippen molar-refractivity contribution in [3.63, 3.8) is 0 Å². The van der Waals surface area contributed by atoms with Crippen LogP contribution < -0.4 is 5.32 Å². The first-order valence-electron chi connectivity index (χ1n) is 10.6. The number of sulfonamides is 1. The van der Waals surface area contributed by atoms with Crippen molar-refractivity contribution >= 4 is 27.3 Å². The molecule has 1 fully saturated rings. The van der Waals surface area contributed by atoms with E-state index in [-0.39, 0.29) is 18.4 Å². The Labute approximate surface area is 183 Å². The van der Waals surface area contributed by atoms with Gasteiger partial charge in [-0.05, 0) is 48.5 Å². The first kappa shape index (κ1) is 22.9. The van der Waals surface area contributed by atoms with Gasteiger partial charge in [0.05, 0.1) is 5.92 Å². The van der Waals surface area contributed by atoms with Crippen LogP contribution in [-0.2, 0) is 27.9 Å². The number of carbonyl (C=O) groups is 1. The van der Waals surface area contributed by atoms with Crippen LogP contribution in [0, 0.1) is 5.92 Å². The molecule has 1 N–H and O–H groups in total. The van der Waals surface area contributed by atoms with Gasteiger partial charge in [0.1, 0.15) is 4.21 Å². The van der Waals surface area contributed by atoms with E-state index in [0.717, 1.165) is 25.2 Å². The van der Waals surface area contributed by atoms with Crippen molar-refractivity contribution in [1.29, 1.82) is 0 Å². The first-order chi connectivity index (χ1) is 14.4. The van der Waals surface area contributed by atoms with Gasteiger partial charge in [0, 0.05) is 26.2 Å². The highest BCUT2D eigenvalue weighted by Crippen LogP contribution is 2.26. The maximum absolute atomic E-state index is 12.7. The lowest BCUT2D eigenvalue weighted by Crippen LogP contribution is -2.45. The molecule has 0 bridgehead atoms. The van der Waals surface area contributed by atoms with Crippen molar-refractivity contribution in [1.82, 2.24) is 14.5 Å². The Bertz CT molecular complexity index is 908. The van der Waals surface area contributed by atoms with Crippen LogP contribution in [0.2, 0.25) is 0 Å². The molecule has 1 aromatic carbocycles. The smallest absolute Gasteiger partial charge is 0.252 e. The molecule has 3 rings (SSSR count). The Kier molecular flexibility index (Phi) is 8.05. The van der Waals surface area contributed by atoms with E-state index >= 15 is 0 Å². The molecule has 6 nitrogen and oxygen atoms in total. The molecule has 1 aliphatic rings. The molecule has 1 saturated heterocycles. The highest BCUT2D eigenvalue weighted by Gasteiger charge is 2.33. The fourth-order valence-corrected chi connectivity index (χ4v) is 6.38. The van der Waals surface area contributed by atoms with Gasteiger partial charge >= 0.3 is 0 Å². The molecule has 0 spiro atoms. The van der Waals surface area contributed by atoms with Gasteiger partial charge in [-0.2, -0.15) is 4.31 Å². The second-order valence-corrected chi connectivity index (χ2v) is 10.7. The molecule has 30 heavy (non-hydrogen) atoms. The quantitative estimate of drug-likeness (QED) is 0.638. The Hall–Kier alpha value is -1.74. The van der Waals surface area contributed by atoms with Crippen LogP contribution in [0.3, 0.4) is 0 Å². The molecule has 0 aliphatic carbocycles. The number of amides is 1. The van der Waals surface area contributed by atoms with Gasteiger partial charge in [-0.3, -0.25) is 9.69 Å². The average molecular weight is 450 g/mol. The molecule has 0 saturated carbocycles. The van der Waals surface area contributed by atoms with E-state index < -0.39 is 10.0 Å². The van der Waals surface area contributed by atoms with Crippen LogP contribution >= 0.6 is 11.3 Å². The van der Waals surface area contributed by atoms with E-state index in [9.17, 15) is 13.2 Å². The molecule has 164 valence electrons. The number of hydrogen-bond acceptors (Lipinski definition) is 5. The highest BCUT2D eigenvalue weighted by atomic mass is 32.2. The summed E-state index contributed by atoms with van der Waals surface area (Å²) in [6, 6.07) is 11.7. The third-order valence-electron chi connectivity index (χ3n) is 5.63. The van der Waals surface area contributed by atoms with E-state index in [1.54, 1.807) is 17.5 Å². The fourth-order valence-electron chi connectivity index (χ4n) is 3.71. The van der Waals surface area contributed by atoms with Crippen molar-refractivity contribution < 1.29 is 13.2 Å². The zero-order valence-corrected chi connectivity index (χ0v) is 19.3. The minimum absolute atomic E-state index is 0.0757. The normalized spacial score (nSPS) is 17.9. The molecule has 1 amide bonds. The second kappa shape index (κ2) is 10.5. The maximum Gasteiger partial charge on any atom is 0.252 e. The van der Waals surface area contributed by atoms with Gasteiger partial charge in [0.15, 0.2) is 0 Å². The molecule has 1 unspecified atom stereocenters. The molecule has 1 atom stereocenters. The summed E-state index contributed by atoms with van der Waals surface area (Å²) in [6.07, 6.45) is 1.41. The monoisotopic (exact) mass is 449 g/mol. The summed E-state index contributed by atoms with van der Waals surface area (Å²) in [7, 11) is -3.50. The molecule has 2 aromatic rings. The lowest BCUT2D eigenvalue weighted by molar-refractivity contribution is -0.126. The average Bonchev–Trinajstić information content (AvgIpc) is 3.32. The first-order valence-corrected chi connectivity index (χ1v) is 12.9. The zero-order chi connectivity index (χ0) is 21.6. The lowest BCUT2D eigenvalue weighted by atomic mass is 9.98. The van der Waals surface area contributed by atoms with E-state index in [2.05, 4.69) is 36.2 Å². The predicted molar refractivity (Wildman–Crippen MR) is 121 cm³/mol. The zero-order valence-electron chi connectivity index (χ0n) is 17.7.